The molecule has 9 aromatic rings. The van der Waals surface area contributed by atoms with E-state index in [1.165, 1.54) is 125 Å². The Bertz CT molecular complexity index is 3970. The van der Waals surface area contributed by atoms with E-state index in [2.05, 4.69) is 294 Å². The Balaban J connectivity index is 1.05. The summed E-state index contributed by atoms with van der Waals surface area (Å²) in [5.41, 5.74) is 30.4. The monoisotopic (exact) mass is 1060 g/mol. The maximum absolute atomic E-state index is 4.20. The van der Waals surface area contributed by atoms with Crippen molar-refractivity contribution >= 4 is 63.7 Å². The minimum Gasteiger partial charge on any atom is -0.355 e. The lowest BCUT2D eigenvalue weighted by Gasteiger charge is -2.49. The number of nitrogens with zero attached hydrogens (tertiary/aromatic N) is 2. The summed E-state index contributed by atoms with van der Waals surface area (Å²) in [5, 5.41) is 4.20. The van der Waals surface area contributed by atoms with E-state index >= 15 is 0 Å². The van der Waals surface area contributed by atoms with Gasteiger partial charge in [0.25, 0.3) is 0 Å². The standard InChI is InChI=1S/C77H79BN3/c1-48(2)53-42-60(71-70(43-53)81-69-47-65-64(75(8,9)39-40-76(65,10)11)46-66(69)77(12,13)62-27-20-28-67(78-71)72(62)81)59-35-34-57(45-68(59)79-54-31-36-61-63(44-54)74(6,7)38-37-73(61,4)5)80(56-25-19-24-52(41-56)50-22-15-14-16-23-50)55-32-29-51(30-33-55)58-26-18-17-21-49(58)3/h14-36,41-48,79H,37-40H2,1-13H3. The van der Waals surface area contributed by atoms with Crippen LogP contribution < -0.4 is 26.0 Å². The van der Waals surface area contributed by atoms with Gasteiger partial charge in [0.2, 0.25) is 0 Å². The van der Waals surface area contributed by atoms with Crippen LogP contribution in [-0.4, -0.2) is 7.28 Å². The Morgan fingerprint density at radius 1 is 0.444 bits per heavy atom. The van der Waals surface area contributed by atoms with E-state index in [9.17, 15) is 0 Å². The first-order chi connectivity index (χ1) is 38.6. The first-order valence-corrected chi connectivity index (χ1v) is 29.9. The predicted molar refractivity (Wildman–Crippen MR) is 348 cm³/mol. The van der Waals surface area contributed by atoms with Crippen LogP contribution in [0.1, 0.15) is 159 Å². The number of anilines is 8. The van der Waals surface area contributed by atoms with Crippen LogP contribution in [0.4, 0.5) is 45.5 Å². The molecule has 9 aromatic carbocycles. The Morgan fingerprint density at radius 3 is 1.77 bits per heavy atom. The van der Waals surface area contributed by atoms with Crippen molar-refractivity contribution in [3.8, 4) is 33.4 Å². The number of hydrogen-bond acceptors (Lipinski definition) is 3. The highest BCUT2D eigenvalue weighted by Gasteiger charge is 2.46. The minimum absolute atomic E-state index is 0.0492. The molecule has 0 atom stereocenters. The lowest BCUT2D eigenvalue weighted by molar-refractivity contribution is 0.331. The Labute approximate surface area is 484 Å². The van der Waals surface area contributed by atoms with Crippen molar-refractivity contribution < 1.29 is 0 Å². The molecule has 0 unspecified atom stereocenters. The molecule has 0 amide bonds. The zero-order valence-corrected chi connectivity index (χ0v) is 50.2. The van der Waals surface area contributed by atoms with Crippen LogP contribution in [0, 0.1) is 6.92 Å². The normalized spacial score (nSPS) is 17.2. The molecular weight excluding hydrogens is 978 g/mol. The Hall–Kier alpha value is -7.56. The second-order valence-corrected chi connectivity index (χ2v) is 27.7. The van der Waals surface area contributed by atoms with Gasteiger partial charge in [-0.25, -0.2) is 0 Å². The molecule has 0 aromatic heterocycles. The van der Waals surface area contributed by atoms with Crippen molar-refractivity contribution in [2.75, 3.05) is 15.1 Å². The molecule has 4 aliphatic rings. The molecule has 2 aliphatic carbocycles. The Morgan fingerprint density at radius 2 is 1.06 bits per heavy atom. The molecule has 405 valence electrons. The molecule has 0 saturated heterocycles. The summed E-state index contributed by atoms with van der Waals surface area (Å²) < 4.78 is 0. The molecule has 2 aliphatic heterocycles. The predicted octanol–water partition coefficient (Wildman–Crippen LogP) is 20.1. The van der Waals surface area contributed by atoms with Gasteiger partial charge in [0, 0.05) is 50.8 Å². The van der Waals surface area contributed by atoms with Gasteiger partial charge in [-0.3, -0.25) is 0 Å². The van der Waals surface area contributed by atoms with Gasteiger partial charge < -0.3 is 15.1 Å². The van der Waals surface area contributed by atoms with E-state index in [-0.39, 0.29) is 33.0 Å². The molecule has 1 radical (unpaired) electrons. The second kappa shape index (κ2) is 19.0. The van der Waals surface area contributed by atoms with Gasteiger partial charge in [0.05, 0.1) is 5.69 Å². The highest BCUT2D eigenvalue weighted by Crippen LogP contribution is 2.57. The van der Waals surface area contributed by atoms with E-state index < -0.39 is 0 Å². The number of nitrogens with one attached hydrogen (secondary N) is 1. The fourth-order valence-corrected chi connectivity index (χ4v) is 14.4. The first kappa shape index (κ1) is 52.8. The quantitative estimate of drug-likeness (QED) is 0.145. The zero-order chi connectivity index (χ0) is 56.5. The molecule has 0 fully saturated rings. The van der Waals surface area contributed by atoms with E-state index in [0.717, 1.165) is 34.9 Å². The molecule has 0 bridgehead atoms. The third kappa shape index (κ3) is 8.86. The Kier molecular flexibility index (Phi) is 12.4. The molecule has 4 heteroatoms. The molecule has 2 heterocycles. The molecule has 0 saturated carbocycles. The SMILES string of the molecule is Cc1ccccc1-c1ccc(N(c2cccc(-c3ccccc3)c2)c2ccc(-c3cc(C(C)C)cc4c3[B]c3cccc5c3N4c3cc4c(cc3C5(C)C)C(C)(C)CCC4(C)C)c(Nc3ccc4c(c3)C(C)(C)CCC4(C)C)c2)cc1. The number of para-hydroxylation sites is 1. The third-order valence-electron chi connectivity index (χ3n) is 19.7. The van der Waals surface area contributed by atoms with Gasteiger partial charge >= 0.3 is 0 Å². The summed E-state index contributed by atoms with van der Waals surface area (Å²) in [4.78, 5) is 5.13. The minimum atomic E-state index is -0.202. The summed E-state index contributed by atoms with van der Waals surface area (Å²) >= 11 is 0. The van der Waals surface area contributed by atoms with Gasteiger partial charge in [-0.05, 0) is 199 Å². The van der Waals surface area contributed by atoms with Crippen LogP contribution in [0.2, 0.25) is 0 Å². The van der Waals surface area contributed by atoms with E-state index in [4.69, 9.17) is 0 Å². The lowest BCUT2D eigenvalue weighted by atomic mass is 9.55. The summed E-state index contributed by atoms with van der Waals surface area (Å²) in [5.74, 6) is 0.284. The van der Waals surface area contributed by atoms with Crippen molar-refractivity contribution in [1.82, 2.24) is 0 Å². The fourth-order valence-electron chi connectivity index (χ4n) is 14.4. The summed E-state index contributed by atoms with van der Waals surface area (Å²) in [6.07, 6.45) is 4.68. The zero-order valence-electron chi connectivity index (χ0n) is 50.2. The van der Waals surface area contributed by atoms with Crippen LogP contribution in [0.15, 0.2) is 182 Å². The largest absolute Gasteiger partial charge is 0.355 e. The summed E-state index contributed by atoms with van der Waals surface area (Å²) in [7, 11) is 2.51. The second-order valence-electron chi connectivity index (χ2n) is 27.7. The van der Waals surface area contributed by atoms with Gasteiger partial charge in [0.15, 0.2) is 7.28 Å². The van der Waals surface area contributed by atoms with Crippen LogP contribution in [0.25, 0.3) is 33.4 Å². The van der Waals surface area contributed by atoms with Gasteiger partial charge in [-0.1, -0.05) is 210 Å². The number of hydrogen-bond donors (Lipinski definition) is 1. The van der Waals surface area contributed by atoms with E-state index in [1.54, 1.807) is 0 Å². The lowest BCUT2D eigenvalue weighted by Crippen LogP contribution is -2.46. The molecule has 1 N–H and O–H groups in total. The van der Waals surface area contributed by atoms with Crippen molar-refractivity contribution in [3.05, 3.63) is 226 Å². The average Bonchev–Trinajstić information content (AvgIpc) is 2.02. The molecular formula is C77H79BN3. The number of benzene rings is 9. The van der Waals surface area contributed by atoms with Crippen LogP contribution in [0.3, 0.4) is 0 Å². The number of rotatable bonds is 9. The number of fused-ring (bicyclic) bond motifs is 6. The van der Waals surface area contributed by atoms with Gasteiger partial charge in [0.1, 0.15) is 0 Å². The topological polar surface area (TPSA) is 18.5 Å². The van der Waals surface area contributed by atoms with Crippen molar-refractivity contribution in [1.29, 1.82) is 0 Å². The number of aryl methyl sites for hydroxylation is 1. The molecule has 3 nitrogen and oxygen atoms in total. The molecule has 0 spiro atoms. The van der Waals surface area contributed by atoms with Crippen LogP contribution in [0.5, 0.6) is 0 Å². The average molecular weight is 1060 g/mol. The van der Waals surface area contributed by atoms with E-state index in [1.807, 2.05) is 0 Å². The van der Waals surface area contributed by atoms with Crippen LogP contribution in [-0.2, 0) is 27.1 Å². The first-order valence-electron chi connectivity index (χ1n) is 29.9. The van der Waals surface area contributed by atoms with Gasteiger partial charge in [-0.2, -0.15) is 0 Å². The summed E-state index contributed by atoms with van der Waals surface area (Å²) in [6, 6.07) is 69.4. The van der Waals surface area contributed by atoms with Crippen LogP contribution >= 0.6 is 0 Å². The maximum Gasteiger partial charge on any atom is 0.197 e. The smallest absolute Gasteiger partial charge is 0.197 e. The highest BCUT2D eigenvalue weighted by atomic mass is 15.2. The fraction of sp³-hybridized carbons (Fsp3) is 0.299. The van der Waals surface area contributed by atoms with Crippen molar-refractivity contribution in [2.24, 2.45) is 0 Å². The van der Waals surface area contributed by atoms with Gasteiger partial charge in [-0.15, -0.1) is 0 Å². The highest BCUT2D eigenvalue weighted by molar-refractivity contribution is 6.73. The molecule has 81 heavy (non-hydrogen) atoms. The maximum atomic E-state index is 4.20. The van der Waals surface area contributed by atoms with E-state index in [0.29, 0.717) is 0 Å². The van der Waals surface area contributed by atoms with Crippen molar-refractivity contribution in [3.63, 3.8) is 0 Å². The molecule has 13 rings (SSSR count). The van der Waals surface area contributed by atoms with Crippen molar-refractivity contribution in [2.45, 2.75) is 149 Å². The third-order valence-corrected chi connectivity index (χ3v) is 19.7. The summed E-state index contributed by atoms with van der Waals surface area (Å²) in [6.45, 7) is 31.4.